The van der Waals surface area contributed by atoms with E-state index in [0.29, 0.717) is 0 Å². The van der Waals surface area contributed by atoms with Gasteiger partial charge in [-0.3, -0.25) is 0 Å². The van der Waals surface area contributed by atoms with Crippen molar-refractivity contribution >= 4 is 17.0 Å². The number of carboxylic acids is 1. The van der Waals surface area contributed by atoms with Gasteiger partial charge in [-0.05, 0) is 49.7 Å². The van der Waals surface area contributed by atoms with Gasteiger partial charge in [0.15, 0.2) is 5.65 Å². The summed E-state index contributed by atoms with van der Waals surface area (Å²) in [4.78, 5) is 15.8. The van der Waals surface area contributed by atoms with Crippen LogP contribution in [0.15, 0.2) is 60.7 Å². The van der Waals surface area contributed by atoms with E-state index in [9.17, 15) is 4.79 Å². The largest absolute Gasteiger partial charge is 0.478 e. The highest BCUT2D eigenvalue weighted by Gasteiger charge is 2.17. The molecular weight excluding hydrogens is 326 g/mol. The van der Waals surface area contributed by atoms with Gasteiger partial charge in [-0.2, -0.15) is 5.10 Å². The smallest absolute Gasteiger partial charge is 0.335 e. The van der Waals surface area contributed by atoms with Gasteiger partial charge >= 0.3 is 5.97 Å². The summed E-state index contributed by atoms with van der Waals surface area (Å²) in [5.41, 5.74) is 5.70. The molecule has 0 saturated carbocycles. The van der Waals surface area contributed by atoms with Crippen molar-refractivity contribution in [3.63, 3.8) is 0 Å². The number of aryl methyl sites for hydroxylation is 2. The summed E-state index contributed by atoms with van der Waals surface area (Å²) in [5, 5.41) is 14.9. The minimum Gasteiger partial charge on any atom is -0.478 e. The molecule has 0 atom stereocenters. The molecule has 0 aliphatic heterocycles. The van der Waals surface area contributed by atoms with Gasteiger partial charge in [0.05, 0.1) is 16.6 Å². The Kier molecular flexibility index (Phi) is 3.77. The van der Waals surface area contributed by atoms with Crippen molar-refractivity contribution in [1.82, 2.24) is 14.8 Å². The van der Waals surface area contributed by atoms with E-state index in [4.69, 9.17) is 15.2 Å². The number of carboxylic acid groups (broad SMARTS) is 1. The summed E-state index contributed by atoms with van der Waals surface area (Å²) in [7, 11) is 0. The van der Waals surface area contributed by atoms with Crippen molar-refractivity contribution < 1.29 is 9.90 Å². The Morgan fingerprint density at radius 2 is 1.69 bits per heavy atom. The molecule has 0 saturated heterocycles. The maximum atomic E-state index is 11.1. The molecule has 0 bridgehead atoms. The van der Waals surface area contributed by atoms with Crippen LogP contribution in [0, 0.1) is 13.8 Å². The van der Waals surface area contributed by atoms with Crippen LogP contribution in [-0.2, 0) is 0 Å². The summed E-state index contributed by atoms with van der Waals surface area (Å²) >= 11 is 0. The quantitative estimate of drug-likeness (QED) is 0.598. The molecule has 128 valence electrons. The van der Waals surface area contributed by atoms with E-state index in [1.54, 1.807) is 28.9 Å². The molecule has 5 heteroatoms. The van der Waals surface area contributed by atoms with Gasteiger partial charge in [-0.15, -0.1) is 0 Å². The van der Waals surface area contributed by atoms with Crippen LogP contribution in [0.25, 0.3) is 28.0 Å². The highest BCUT2D eigenvalue weighted by molar-refractivity contribution is 5.95. The number of aromatic carboxylic acids is 1. The predicted octanol–water partition coefficient (Wildman–Crippen LogP) is 4.40. The van der Waals surface area contributed by atoms with Crippen LogP contribution in [0.3, 0.4) is 0 Å². The van der Waals surface area contributed by atoms with Gasteiger partial charge in [0.25, 0.3) is 0 Å². The SMILES string of the molecule is Cc1cc(C)c2c(-c3ccccc3)nn(-c3ccc(C(=O)O)cc3)c2n1. The van der Waals surface area contributed by atoms with Gasteiger partial charge in [-0.25, -0.2) is 14.5 Å². The standard InChI is InChI=1S/C21H17N3O2/c1-13-12-14(2)22-20-18(13)19(15-6-4-3-5-7-15)23-24(20)17-10-8-16(9-11-17)21(25)26/h3-12H,1-2H3,(H,25,26). The fraction of sp³-hybridized carbons (Fsp3) is 0.0952. The lowest BCUT2D eigenvalue weighted by molar-refractivity contribution is 0.0697. The molecule has 2 aromatic heterocycles. The lowest BCUT2D eigenvalue weighted by Gasteiger charge is -2.05. The molecule has 0 spiro atoms. The molecule has 4 aromatic rings. The second-order valence-electron chi connectivity index (χ2n) is 6.26. The van der Waals surface area contributed by atoms with Gasteiger partial charge in [0, 0.05) is 11.3 Å². The number of hydrogen-bond donors (Lipinski definition) is 1. The van der Waals surface area contributed by atoms with E-state index in [2.05, 4.69) is 6.92 Å². The Morgan fingerprint density at radius 3 is 2.35 bits per heavy atom. The number of pyridine rings is 1. The molecule has 4 rings (SSSR count). The Labute approximate surface area is 150 Å². The molecule has 2 aromatic carbocycles. The molecule has 2 heterocycles. The Balaban J connectivity index is 1.99. The van der Waals surface area contributed by atoms with Gasteiger partial charge in [0.1, 0.15) is 5.69 Å². The lowest BCUT2D eigenvalue weighted by Crippen LogP contribution is -2.01. The normalized spacial score (nSPS) is 11.0. The molecule has 0 aliphatic carbocycles. The number of hydrogen-bond acceptors (Lipinski definition) is 3. The van der Waals surface area contributed by atoms with Crippen LogP contribution in [0.4, 0.5) is 0 Å². The highest BCUT2D eigenvalue weighted by atomic mass is 16.4. The monoisotopic (exact) mass is 343 g/mol. The van der Waals surface area contributed by atoms with Crippen molar-refractivity contribution in [1.29, 1.82) is 0 Å². The van der Waals surface area contributed by atoms with E-state index in [0.717, 1.165) is 39.2 Å². The first kappa shape index (κ1) is 16.0. The average molecular weight is 343 g/mol. The minimum absolute atomic E-state index is 0.244. The fourth-order valence-corrected chi connectivity index (χ4v) is 3.18. The molecule has 0 radical (unpaired) electrons. The maximum Gasteiger partial charge on any atom is 0.335 e. The highest BCUT2D eigenvalue weighted by Crippen LogP contribution is 2.31. The zero-order valence-corrected chi connectivity index (χ0v) is 14.5. The topological polar surface area (TPSA) is 68.0 Å². The molecule has 0 aliphatic rings. The molecule has 0 amide bonds. The zero-order valence-electron chi connectivity index (χ0n) is 14.5. The molecular formula is C21H17N3O2. The van der Waals surface area contributed by atoms with Gasteiger partial charge in [-0.1, -0.05) is 30.3 Å². The number of aromatic nitrogens is 3. The number of rotatable bonds is 3. The predicted molar refractivity (Wildman–Crippen MR) is 101 cm³/mol. The second kappa shape index (κ2) is 6.11. The van der Waals surface area contributed by atoms with Crippen LogP contribution < -0.4 is 0 Å². The van der Waals surface area contributed by atoms with Crippen molar-refractivity contribution in [2.75, 3.05) is 0 Å². The van der Waals surface area contributed by atoms with E-state index < -0.39 is 5.97 Å². The fourth-order valence-electron chi connectivity index (χ4n) is 3.18. The number of benzene rings is 2. The summed E-state index contributed by atoms with van der Waals surface area (Å²) < 4.78 is 1.78. The molecule has 0 unspecified atom stereocenters. The third kappa shape index (κ3) is 2.63. The average Bonchev–Trinajstić information content (AvgIpc) is 3.02. The first-order chi connectivity index (χ1) is 12.5. The van der Waals surface area contributed by atoms with Crippen molar-refractivity contribution in [2.24, 2.45) is 0 Å². The van der Waals surface area contributed by atoms with E-state index >= 15 is 0 Å². The van der Waals surface area contributed by atoms with Crippen molar-refractivity contribution in [3.8, 4) is 16.9 Å². The van der Waals surface area contributed by atoms with E-state index in [1.165, 1.54) is 0 Å². The van der Waals surface area contributed by atoms with Crippen LogP contribution >= 0.6 is 0 Å². The third-order valence-electron chi connectivity index (χ3n) is 4.37. The van der Waals surface area contributed by atoms with Crippen LogP contribution in [0.1, 0.15) is 21.6 Å². The van der Waals surface area contributed by atoms with E-state index in [1.807, 2.05) is 43.3 Å². The second-order valence-corrected chi connectivity index (χ2v) is 6.26. The van der Waals surface area contributed by atoms with Crippen LogP contribution in [0.5, 0.6) is 0 Å². The molecule has 5 nitrogen and oxygen atoms in total. The minimum atomic E-state index is -0.948. The molecule has 26 heavy (non-hydrogen) atoms. The van der Waals surface area contributed by atoms with Crippen LogP contribution in [0.2, 0.25) is 0 Å². The van der Waals surface area contributed by atoms with Crippen molar-refractivity contribution in [2.45, 2.75) is 13.8 Å². The molecule has 0 fully saturated rings. The van der Waals surface area contributed by atoms with Gasteiger partial charge < -0.3 is 5.11 Å². The van der Waals surface area contributed by atoms with Crippen molar-refractivity contribution in [3.05, 3.63) is 77.5 Å². The van der Waals surface area contributed by atoms with Gasteiger partial charge in [0.2, 0.25) is 0 Å². The summed E-state index contributed by atoms with van der Waals surface area (Å²) in [5.74, 6) is -0.948. The third-order valence-corrected chi connectivity index (χ3v) is 4.37. The first-order valence-corrected chi connectivity index (χ1v) is 8.31. The summed E-state index contributed by atoms with van der Waals surface area (Å²) in [6.07, 6.45) is 0. The first-order valence-electron chi connectivity index (χ1n) is 8.31. The Hall–Kier alpha value is -3.47. The Bertz CT molecular complexity index is 1110. The Morgan fingerprint density at radius 1 is 1.00 bits per heavy atom. The number of nitrogens with zero attached hydrogens (tertiary/aromatic N) is 3. The zero-order chi connectivity index (χ0) is 18.3. The molecule has 1 N–H and O–H groups in total. The van der Waals surface area contributed by atoms with Crippen LogP contribution in [-0.4, -0.2) is 25.8 Å². The lowest BCUT2D eigenvalue weighted by atomic mass is 10.1. The van der Waals surface area contributed by atoms with E-state index in [-0.39, 0.29) is 5.56 Å². The summed E-state index contributed by atoms with van der Waals surface area (Å²) in [6.45, 7) is 4.02. The summed E-state index contributed by atoms with van der Waals surface area (Å²) in [6, 6.07) is 18.7. The maximum absolute atomic E-state index is 11.1. The number of fused-ring (bicyclic) bond motifs is 1. The number of carbonyl (C=O) groups is 1.